The Balaban J connectivity index is 2.09. The van der Waals surface area contributed by atoms with Crippen LogP contribution in [0.25, 0.3) is 11.3 Å². The lowest BCUT2D eigenvalue weighted by Crippen LogP contribution is -2.14. The molecule has 1 heterocycles. The molecule has 0 aliphatic heterocycles. The Morgan fingerprint density at radius 1 is 1.00 bits per heavy atom. The molecule has 0 aliphatic rings. The first-order chi connectivity index (χ1) is 11.1. The van der Waals surface area contributed by atoms with Crippen LogP contribution in [0.2, 0.25) is 0 Å². The van der Waals surface area contributed by atoms with Crippen LogP contribution in [0, 0.1) is 13.8 Å². The van der Waals surface area contributed by atoms with Crippen LogP contribution in [-0.2, 0) is 7.05 Å². The van der Waals surface area contributed by atoms with E-state index in [2.05, 4.69) is 24.0 Å². The van der Waals surface area contributed by atoms with Crippen molar-refractivity contribution < 1.29 is 4.79 Å². The minimum Gasteiger partial charge on any atom is -0.319 e. The van der Waals surface area contributed by atoms with Crippen LogP contribution in [0.1, 0.15) is 20.8 Å². The fourth-order valence-corrected chi connectivity index (χ4v) is 3.62. The van der Waals surface area contributed by atoms with Crippen molar-refractivity contribution in [3.63, 3.8) is 0 Å². The summed E-state index contributed by atoms with van der Waals surface area (Å²) in [7, 11) is 1.95. The minimum atomic E-state index is -0.195. The normalized spacial score (nSPS) is 11.7. The van der Waals surface area contributed by atoms with Crippen molar-refractivity contribution in [3.8, 4) is 11.3 Å². The highest BCUT2D eigenvalue weighted by atomic mass is 32.1. The molecule has 0 saturated heterocycles. The summed E-state index contributed by atoms with van der Waals surface area (Å²) in [4.78, 5) is 18.7. The molecular weight excluding hydrogens is 304 g/mol. The molecule has 2 aromatic carbocycles. The Labute approximate surface area is 139 Å². The number of thiazole rings is 1. The molecule has 3 nitrogen and oxygen atoms in total. The Morgan fingerprint density at radius 3 is 2.35 bits per heavy atom. The van der Waals surface area contributed by atoms with Gasteiger partial charge < -0.3 is 4.57 Å². The largest absolute Gasteiger partial charge is 0.319 e. The first-order valence-corrected chi connectivity index (χ1v) is 8.26. The van der Waals surface area contributed by atoms with Gasteiger partial charge in [-0.2, -0.15) is 4.99 Å². The maximum absolute atomic E-state index is 12.5. The van der Waals surface area contributed by atoms with Gasteiger partial charge in [0, 0.05) is 17.5 Å². The fourth-order valence-electron chi connectivity index (χ4n) is 2.64. The predicted molar refractivity (Wildman–Crippen MR) is 94.5 cm³/mol. The molecule has 0 saturated carbocycles. The first-order valence-electron chi connectivity index (χ1n) is 7.44. The summed E-state index contributed by atoms with van der Waals surface area (Å²) in [6, 6.07) is 17.7. The van der Waals surface area contributed by atoms with Crippen molar-refractivity contribution in [1.82, 2.24) is 4.57 Å². The number of hydrogen-bond donors (Lipinski definition) is 0. The monoisotopic (exact) mass is 322 g/mol. The Kier molecular flexibility index (Phi) is 4.26. The van der Waals surface area contributed by atoms with Gasteiger partial charge in [0.05, 0.1) is 5.69 Å². The Bertz CT molecular complexity index is 920. The number of hydrogen-bond acceptors (Lipinski definition) is 2. The summed E-state index contributed by atoms with van der Waals surface area (Å²) in [5.41, 5.74) is 3.83. The third kappa shape index (κ3) is 3.03. The Hall–Kier alpha value is -2.46. The van der Waals surface area contributed by atoms with E-state index in [1.165, 1.54) is 0 Å². The number of rotatable bonds is 2. The van der Waals surface area contributed by atoms with Crippen molar-refractivity contribution >= 4 is 17.2 Å². The molecule has 1 aromatic heterocycles. The molecule has 116 valence electrons. The van der Waals surface area contributed by atoms with Crippen molar-refractivity contribution in [2.45, 2.75) is 13.8 Å². The Morgan fingerprint density at radius 2 is 1.65 bits per heavy atom. The summed E-state index contributed by atoms with van der Waals surface area (Å²) in [6.45, 7) is 3.99. The van der Waals surface area contributed by atoms with Crippen LogP contribution in [0.3, 0.4) is 0 Å². The number of carbonyl (C=O) groups is 1. The third-order valence-electron chi connectivity index (χ3n) is 3.82. The highest BCUT2D eigenvalue weighted by molar-refractivity contribution is 7.09. The van der Waals surface area contributed by atoms with E-state index in [0.717, 1.165) is 26.5 Å². The van der Waals surface area contributed by atoms with Crippen molar-refractivity contribution in [2.24, 2.45) is 12.0 Å². The summed E-state index contributed by atoms with van der Waals surface area (Å²) in [5.74, 6) is -0.195. The third-order valence-corrected chi connectivity index (χ3v) is 4.87. The van der Waals surface area contributed by atoms with Crippen LogP contribution in [-0.4, -0.2) is 10.5 Å². The molecule has 0 radical (unpaired) electrons. The van der Waals surface area contributed by atoms with Gasteiger partial charge in [-0.3, -0.25) is 4.79 Å². The summed E-state index contributed by atoms with van der Waals surface area (Å²) in [5, 5.41) is 0. The number of carbonyl (C=O) groups excluding carboxylic acids is 1. The molecule has 0 N–H and O–H groups in total. The van der Waals surface area contributed by atoms with E-state index in [1.807, 2.05) is 61.0 Å². The van der Waals surface area contributed by atoms with Crippen molar-refractivity contribution in [2.75, 3.05) is 0 Å². The first kappa shape index (κ1) is 15.4. The van der Waals surface area contributed by atoms with E-state index in [4.69, 9.17) is 0 Å². The van der Waals surface area contributed by atoms with Crippen LogP contribution in [0.4, 0.5) is 0 Å². The quantitative estimate of drug-likeness (QED) is 0.699. The zero-order valence-electron chi connectivity index (χ0n) is 13.4. The van der Waals surface area contributed by atoms with Gasteiger partial charge >= 0.3 is 0 Å². The molecule has 23 heavy (non-hydrogen) atoms. The number of aryl methyl sites for hydroxylation is 2. The molecular formula is C19H18N2OS. The lowest BCUT2D eigenvalue weighted by molar-refractivity contribution is 0.0997. The minimum absolute atomic E-state index is 0.195. The highest BCUT2D eigenvalue weighted by Gasteiger charge is 2.12. The number of nitrogens with zero attached hydrogens (tertiary/aromatic N) is 2. The van der Waals surface area contributed by atoms with E-state index in [-0.39, 0.29) is 5.91 Å². The van der Waals surface area contributed by atoms with E-state index in [9.17, 15) is 4.79 Å². The van der Waals surface area contributed by atoms with Crippen LogP contribution < -0.4 is 4.80 Å². The molecule has 0 fully saturated rings. The smallest absolute Gasteiger partial charge is 0.279 e. The van der Waals surface area contributed by atoms with E-state index >= 15 is 0 Å². The molecule has 3 rings (SSSR count). The number of amides is 1. The van der Waals surface area contributed by atoms with E-state index < -0.39 is 0 Å². The van der Waals surface area contributed by atoms with Crippen LogP contribution >= 0.6 is 11.3 Å². The van der Waals surface area contributed by atoms with E-state index in [1.54, 1.807) is 11.3 Å². The average molecular weight is 322 g/mol. The molecule has 0 bridgehead atoms. The SMILES string of the molecule is Cc1ccccc1C(=O)N=c1sc(C)c(-c2ccccc2)n1C. The summed E-state index contributed by atoms with van der Waals surface area (Å²) in [6.07, 6.45) is 0. The average Bonchev–Trinajstić information content (AvgIpc) is 2.82. The van der Waals surface area contributed by atoms with Crippen LogP contribution in [0.15, 0.2) is 59.6 Å². The lowest BCUT2D eigenvalue weighted by Gasteiger charge is -2.04. The van der Waals surface area contributed by atoms with Crippen molar-refractivity contribution in [3.05, 3.63) is 75.4 Å². The zero-order chi connectivity index (χ0) is 16.4. The summed E-state index contributed by atoms with van der Waals surface area (Å²) < 4.78 is 1.99. The second-order valence-corrected chi connectivity index (χ2v) is 6.63. The maximum Gasteiger partial charge on any atom is 0.279 e. The van der Waals surface area contributed by atoms with Gasteiger partial charge in [0.25, 0.3) is 5.91 Å². The van der Waals surface area contributed by atoms with Crippen molar-refractivity contribution in [1.29, 1.82) is 0 Å². The molecule has 1 amide bonds. The molecule has 0 unspecified atom stereocenters. The molecule has 0 spiro atoms. The molecule has 0 aliphatic carbocycles. The molecule has 3 aromatic rings. The lowest BCUT2D eigenvalue weighted by atomic mass is 10.1. The number of aromatic nitrogens is 1. The van der Waals surface area contributed by atoms with Gasteiger partial charge in [0.1, 0.15) is 0 Å². The zero-order valence-corrected chi connectivity index (χ0v) is 14.2. The summed E-state index contributed by atoms with van der Waals surface area (Å²) >= 11 is 1.54. The van der Waals surface area contributed by atoms with E-state index in [0.29, 0.717) is 5.56 Å². The van der Waals surface area contributed by atoms with Gasteiger partial charge in [0.15, 0.2) is 4.80 Å². The van der Waals surface area contributed by atoms with Gasteiger partial charge in [-0.15, -0.1) is 11.3 Å². The second-order valence-electron chi connectivity index (χ2n) is 5.45. The maximum atomic E-state index is 12.5. The second kappa shape index (κ2) is 6.34. The molecule has 4 heteroatoms. The standard InChI is InChI=1S/C19H18N2OS/c1-13-9-7-8-12-16(13)18(22)20-19-21(3)17(14(2)23-19)15-10-5-4-6-11-15/h4-12H,1-3H3. The van der Waals surface area contributed by atoms with Gasteiger partial charge in [-0.25, -0.2) is 0 Å². The number of benzene rings is 2. The van der Waals surface area contributed by atoms with Gasteiger partial charge in [-0.1, -0.05) is 48.5 Å². The topological polar surface area (TPSA) is 34.4 Å². The predicted octanol–water partition coefficient (Wildman–Crippen LogP) is 4.11. The van der Waals surface area contributed by atoms with Crippen LogP contribution in [0.5, 0.6) is 0 Å². The van der Waals surface area contributed by atoms with Gasteiger partial charge in [-0.05, 0) is 31.0 Å². The highest BCUT2D eigenvalue weighted by Crippen LogP contribution is 2.24. The molecule has 0 atom stereocenters. The fraction of sp³-hybridized carbons (Fsp3) is 0.158. The van der Waals surface area contributed by atoms with Gasteiger partial charge in [0.2, 0.25) is 0 Å².